The summed E-state index contributed by atoms with van der Waals surface area (Å²) in [5.41, 5.74) is 0.581. The minimum atomic E-state index is -0.994. The summed E-state index contributed by atoms with van der Waals surface area (Å²) in [4.78, 5) is 15.1. The Hall–Kier alpha value is -2.53. The van der Waals surface area contributed by atoms with Crippen LogP contribution in [0.25, 0.3) is 11.1 Å². The fourth-order valence-electron chi connectivity index (χ4n) is 3.63. The van der Waals surface area contributed by atoms with Crippen LogP contribution >= 0.6 is 0 Å². The number of fused-ring (bicyclic) bond motifs is 1. The number of allylic oxidation sites excluding steroid dienone is 2. The second-order valence-electron chi connectivity index (χ2n) is 7.25. The second kappa shape index (κ2) is 7.00. The fraction of sp³-hybridized carbons (Fsp3) is 0.381. The smallest absolute Gasteiger partial charge is 0.257 e. The van der Waals surface area contributed by atoms with E-state index in [0.717, 1.165) is 12.0 Å². The van der Waals surface area contributed by atoms with Crippen LogP contribution in [0.5, 0.6) is 11.5 Å². The zero-order chi connectivity index (χ0) is 18.9. The summed E-state index contributed by atoms with van der Waals surface area (Å²) in [6.45, 7) is 5.94. The first-order valence-electron chi connectivity index (χ1n) is 8.89. The molecule has 1 aliphatic heterocycles. The normalized spacial score (nSPS) is 23.0. The zero-order valence-corrected chi connectivity index (χ0v) is 15.3. The third-order valence-corrected chi connectivity index (χ3v) is 4.97. The SMILES string of the molecule is C/C=C/C[C@H](C)C[C@]1(C)Oc2c(-c3ccc(O)cc3)c[nH]c(=O)c2[C@H]1O. The van der Waals surface area contributed by atoms with E-state index in [1.165, 1.54) is 0 Å². The van der Waals surface area contributed by atoms with Gasteiger partial charge in [0.05, 0.1) is 5.56 Å². The number of hydrogen-bond acceptors (Lipinski definition) is 4. The highest BCUT2D eigenvalue weighted by atomic mass is 16.5. The molecule has 0 amide bonds. The highest BCUT2D eigenvalue weighted by Crippen LogP contribution is 2.48. The number of benzene rings is 1. The molecule has 0 radical (unpaired) electrons. The van der Waals surface area contributed by atoms with Crippen LogP contribution in [0.2, 0.25) is 0 Å². The van der Waals surface area contributed by atoms with Crippen molar-refractivity contribution < 1.29 is 14.9 Å². The number of rotatable bonds is 5. The van der Waals surface area contributed by atoms with Crippen molar-refractivity contribution >= 4 is 0 Å². The van der Waals surface area contributed by atoms with E-state index in [0.29, 0.717) is 23.7 Å². The monoisotopic (exact) mass is 355 g/mol. The van der Waals surface area contributed by atoms with Crippen molar-refractivity contribution in [1.29, 1.82) is 0 Å². The molecule has 5 heteroatoms. The fourth-order valence-corrected chi connectivity index (χ4v) is 3.63. The first-order valence-corrected chi connectivity index (χ1v) is 8.89. The number of aromatic amines is 1. The maximum Gasteiger partial charge on any atom is 0.257 e. The Balaban J connectivity index is 1.99. The molecule has 0 bridgehead atoms. The Morgan fingerprint density at radius 2 is 2.04 bits per heavy atom. The number of aromatic hydroxyl groups is 1. The number of aliphatic hydroxyl groups excluding tert-OH is 1. The van der Waals surface area contributed by atoms with E-state index in [9.17, 15) is 15.0 Å². The topological polar surface area (TPSA) is 82.5 Å². The van der Waals surface area contributed by atoms with Crippen LogP contribution in [-0.2, 0) is 0 Å². The molecule has 2 heterocycles. The summed E-state index contributed by atoms with van der Waals surface area (Å²) in [6, 6.07) is 6.67. The lowest BCUT2D eigenvalue weighted by atomic mass is 9.85. The van der Waals surface area contributed by atoms with E-state index in [2.05, 4.69) is 18.0 Å². The van der Waals surface area contributed by atoms with E-state index in [-0.39, 0.29) is 16.9 Å². The Labute approximate surface area is 153 Å². The average Bonchev–Trinajstić information content (AvgIpc) is 2.86. The van der Waals surface area contributed by atoms with E-state index < -0.39 is 11.7 Å². The predicted octanol–water partition coefficient (Wildman–Crippen LogP) is 3.92. The van der Waals surface area contributed by atoms with Gasteiger partial charge in [0.15, 0.2) is 0 Å². The third-order valence-electron chi connectivity index (χ3n) is 4.97. The molecule has 1 aromatic carbocycles. The molecule has 0 aliphatic carbocycles. The summed E-state index contributed by atoms with van der Waals surface area (Å²) in [6.07, 6.45) is 6.22. The number of aliphatic hydroxyl groups is 1. The molecule has 3 atom stereocenters. The van der Waals surface area contributed by atoms with Crippen LogP contribution in [0.3, 0.4) is 0 Å². The maximum atomic E-state index is 12.4. The number of pyridine rings is 1. The molecule has 0 saturated carbocycles. The van der Waals surface area contributed by atoms with Crippen molar-refractivity contribution in [3.8, 4) is 22.6 Å². The summed E-state index contributed by atoms with van der Waals surface area (Å²) in [5.74, 6) is 0.891. The van der Waals surface area contributed by atoms with Gasteiger partial charge in [-0.1, -0.05) is 31.2 Å². The summed E-state index contributed by atoms with van der Waals surface area (Å²) < 4.78 is 6.20. The van der Waals surface area contributed by atoms with Crippen molar-refractivity contribution in [1.82, 2.24) is 4.98 Å². The van der Waals surface area contributed by atoms with Gasteiger partial charge in [0.2, 0.25) is 0 Å². The maximum absolute atomic E-state index is 12.4. The molecule has 138 valence electrons. The van der Waals surface area contributed by atoms with E-state index in [1.54, 1.807) is 30.5 Å². The number of ether oxygens (including phenoxy) is 1. The number of H-pyrrole nitrogens is 1. The highest BCUT2D eigenvalue weighted by molar-refractivity contribution is 5.73. The van der Waals surface area contributed by atoms with Crippen molar-refractivity contribution in [3.05, 3.63) is 58.5 Å². The predicted molar refractivity (Wildman–Crippen MR) is 101 cm³/mol. The van der Waals surface area contributed by atoms with Crippen molar-refractivity contribution in [2.24, 2.45) is 5.92 Å². The lowest BCUT2D eigenvalue weighted by molar-refractivity contribution is -0.0293. The molecule has 0 saturated heterocycles. The van der Waals surface area contributed by atoms with Gasteiger partial charge in [0.1, 0.15) is 23.2 Å². The van der Waals surface area contributed by atoms with Gasteiger partial charge < -0.3 is 19.9 Å². The number of phenols is 1. The lowest BCUT2D eigenvalue weighted by Crippen LogP contribution is -2.37. The Morgan fingerprint density at radius 3 is 2.69 bits per heavy atom. The van der Waals surface area contributed by atoms with Crippen LogP contribution in [0.15, 0.2) is 47.4 Å². The van der Waals surface area contributed by atoms with Crippen LogP contribution < -0.4 is 10.3 Å². The quantitative estimate of drug-likeness (QED) is 0.710. The molecule has 0 spiro atoms. The van der Waals surface area contributed by atoms with Gasteiger partial charge in [-0.2, -0.15) is 0 Å². The van der Waals surface area contributed by atoms with Crippen molar-refractivity contribution in [3.63, 3.8) is 0 Å². The standard InChI is InChI=1S/C21H25NO4/c1-4-5-6-13(2)11-21(3)19(24)17-18(26-21)16(12-22-20(17)25)14-7-9-15(23)10-8-14/h4-5,7-10,12-13,19,23-24H,6,11H2,1-3H3,(H,22,25)/b5-4+/t13-,19+,21-/m0/s1. The second-order valence-corrected chi connectivity index (χ2v) is 7.25. The first-order chi connectivity index (χ1) is 12.4. The van der Waals surface area contributed by atoms with Gasteiger partial charge in [-0.15, -0.1) is 0 Å². The Kier molecular flexibility index (Phi) is 4.92. The Bertz CT molecular complexity index is 869. The Morgan fingerprint density at radius 1 is 1.35 bits per heavy atom. The van der Waals surface area contributed by atoms with Crippen LogP contribution in [0, 0.1) is 5.92 Å². The minimum Gasteiger partial charge on any atom is -0.508 e. The van der Waals surface area contributed by atoms with Gasteiger partial charge in [0.25, 0.3) is 5.56 Å². The van der Waals surface area contributed by atoms with Crippen LogP contribution in [-0.4, -0.2) is 20.8 Å². The average molecular weight is 355 g/mol. The largest absolute Gasteiger partial charge is 0.508 e. The summed E-state index contributed by atoms with van der Waals surface area (Å²) in [7, 11) is 0. The summed E-state index contributed by atoms with van der Waals surface area (Å²) in [5, 5.41) is 20.4. The van der Waals surface area contributed by atoms with Crippen molar-refractivity contribution in [2.45, 2.75) is 45.3 Å². The number of hydrogen-bond donors (Lipinski definition) is 3. The van der Waals surface area contributed by atoms with Crippen molar-refractivity contribution in [2.75, 3.05) is 0 Å². The molecular formula is C21H25NO4. The molecule has 0 fully saturated rings. The number of aromatic nitrogens is 1. The van der Waals surface area contributed by atoms with Crippen LogP contribution in [0.1, 0.15) is 45.3 Å². The molecule has 2 aromatic rings. The molecule has 5 nitrogen and oxygen atoms in total. The van der Waals surface area contributed by atoms with E-state index in [4.69, 9.17) is 4.74 Å². The molecule has 26 heavy (non-hydrogen) atoms. The molecule has 1 aliphatic rings. The molecule has 1 aromatic heterocycles. The minimum absolute atomic E-state index is 0.165. The zero-order valence-electron chi connectivity index (χ0n) is 15.3. The van der Waals surface area contributed by atoms with Crippen LogP contribution in [0.4, 0.5) is 0 Å². The highest BCUT2D eigenvalue weighted by Gasteiger charge is 2.47. The van der Waals surface area contributed by atoms with Gasteiger partial charge in [-0.3, -0.25) is 4.79 Å². The molecule has 0 unspecified atom stereocenters. The molecule has 3 N–H and O–H groups in total. The lowest BCUT2D eigenvalue weighted by Gasteiger charge is -2.30. The van der Waals surface area contributed by atoms with Gasteiger partial charge in [-0.05, 0) is 50.3 Å². The third kappa shape index (κ3) is 3.27. The van der Waals surface area contributed by atoms with Gasteiger partial charge in [0, 0.05) is 11.8 Å². The first kappa shape index (κ1) is 18.3. The number of phenolic OH excluding ortho intramolecular Hbond substituents is 1. The van der Waals surface area contributed by atoms with Gasteiger partial charge in [-0.25, -0.2) is 0 Å². The van der Waals surface area contributed by atoms with E-state index >= 15 is 0 Å². The number of nitrogens with one attached hydrogen (secondary N) is 1. The molecule has 3 rings (SSSR count). The van der Waals surface area contributed by atoms with Gasteiger partial charge >= 0.3 is 0 Å². The van der Waals surface area contributed by atoms with E-state index in [1.807, 2.05) is 19.9 Å². The summed E-state index contributed by atoms with van der Waals surface area (Å²) >= 11 is 0. The molecular weight excluding hydrogens is 330 g/mol.